The SMILES string of the molecule is O=C1NCCN(C(=O)c2ncoc2C2CC2)C1c1ccccc1Cl. The third kappa shape index (κ3) is 2.57. The van der Waals surface area contributed by atoms with Crippen molar-refractivity contribution in [2.24, 2.45) is 0 Å². The third-order valence-corrected chi connectivity index (χ3v) is 4.76. The lowest BCUT2D eigenvalue weighted by Crippen LogP contribution is -2.52. The first-order chi connectivity index (χ1) is 11.7. The lowest BCUT2D eigenvalue weighted by atomic mass is 10.0. The molecular formula is C17H16ClN3O3. The molecule has 2 amide bonds. The minimum atomic E-state index is -0.760. The van der Waals surface area contributed by atoms with Crippen LogP contribution in [0.4, 0.5) is 0 Å². The van der Waals surface area contributed by atoms with E-state index in [1.807, 2.05) is 0 Å². The summed E-state index contributed by atoms with van der Waals surface area (Å²) in [5.41, 5.74) is 0.922. The highest BCUT2D eigenvalue weighted by atomic mass is 35.5. The first-order valence-electron chi connectivity index (χ1n) is 7.93. The van der Waals surface area contributed by atoms with E-state index in [1.54, 1.807) is 24.3 Å². The molecule has 0 bridgehead atoms. The number of amides is 2. The monoisotopic (exact) mass is 345 g/mol. The first kappa shape index (κ1) is 15.2. The molecule has 1 saturated carbocycles. The quantitative estimate of drug-likeness (QED) is 0.927. The number of nitrogens with zero attached hydrogens (tertiary/aromatic N) is 2. The number of rotatable bonds is 3. The Labute approximate surface area is 143 Å². The molecule has 2 aliphatic rings. The van der Waals surface area contributed by atoms with Crippen molar-refractivity contribution in [3.8, 4) is 0 Å². The van der Waals surface area contributed by atoms with Crippen LogP contribution in [0.5, 0.6) is 0 Å². The van der Waals surface area contributed by atoms with Crippen molar-refractivity contribution in [3.63, 3.8) is 0 Å². The molecule has 1 atom stereocenters. The van der Waals surface area contributed by atoms with Crippen LogP contribution >= 0.6 is 11.6 Å². The summed E-state index contributed by atoms with van der Waals surface area (Å²) in [6.45, 7) is 0.805. The van der Waals surface area contributed by atoms with Crippen LogP contribution in [-0.4, -0.2) is 34.8 Å². The lowest BCUT2D eigenvalue weighted by Gasteiger charge is -2.35. The van der Waals surface area contributed by atoms with Gasteiger partial charge in [0.05, 0.1) is 0 Å². The van der Waals surface area contributed by atoms with Gasteiger partial charge in [-0.2, -0.15) is 0 Å². The van der Waals surface area contributed by atoms with Crippen LogP contribution in [0.2, 0.25) is 5.02 Å². The summed E-state index contributed by atoms with van der Waals surface area (Å²) in [7, 11) is 0. The molecule has 124 valence electrons. The Hall–Kier alpha value is -2.34. The molecule has 1 aromatic heterocycles. The fourth-order valence-corrected chi connectivity index (χ4v) is 3.32. The van der Waals surface area contributed by atoms with Gasteiger partial charge in [-0.1, -0.05) is 29.8 Å². The molecule has 1 unspecified atom stereocenters. The zero-order valence-corrected chi connectivity index (χ0v) is 13.6. The summed E-state index contributed by atoms with van der Waals surface area (Å²) in [4.78, 5) is 31.1. The summed E-state index contributed by atoms with van der Waals surface area (Å²) in [5, 5.41) is 3.26. The van der Waals surface area contributed by atoms with Crippen LogP contribution in [0, 0.1) is 0 Å². The number of oxazole rings is 1. The van der Waals surface area contributed by atoms with Crippen LogP contribution in [-0.2, 0) is 4.79 Å². The normalized spacial score (nSPS) is 20.8. The molecule has 6 nitrogen and oxygen atoms in total. The fourth-order valence-electron chi connectivity index (χ4n) is 3.08. The average molecular weight is 346 g/mol. The molecule has 7 heteroatoms. The van der Waals surface area contributed by atoms with Gasteiger partial charge in [0, 0.05) is 29.6 Å². The molecule has 1 aliphatic carbocycles. The van der Waals surface area contributed by atoms with Gasteiger partial charge < -0.3 is 14.6 Å². The van der Waals surface area contributed by atoms with Crippen molar-refractivity contribution < 1.29 is 14.0 Å². The number of piperazine rings is 1. The van der Waals surface area contributed by atoms with Crippen LogP contribution in [0.25, 0.3) is 0 Å². The number of aromatic nitrogens is 1. The van der Waals surface area contributed by atoms with E-state index in [0.717, 1.165) is 12.8 Å². The van der Waals surface area contributed by atoms with Gasteiger partial charge in [0.15, 0.2) is 12.1 Å². The van der Waals surface area contributed by atoms with E-state index in [0.29, 0.717) is 35.1 Å². The summed E-state index contributed by atoms with van der Waals surface area (Å²) < 4.78 is 5.41. The molecule has 24 heavy (non-hydrogen) atoms. The molecule has 1 saturated heterocycles. The molecule has 4 rings (SSSR count). The van der Waals surface area contributed by atoms with Gasteiger partial charge in [0.25, 0.3) is 5.91 Å². The zero-order chi connectivity index (χ0) is 16.7. The van der Waals surface area contributed by atoms with E-state index < -0.39 is 6.04 Å². The Morgan fingerprint density at radius 2 is 2.12 bits per heavy atom. The summed E-state index contributed by atoms with van der Waals surface area (Å²) >= 11 is 6.26. The minimum absolute atomic E-state index is 0.237. The van der Waals surface area contributed by atoms with Crippen molar-refractivity contribution in [2.75, 3.05) is 13.1 Å². The second-order valence-corrected chi connectivity index (χ2v) is 6.46. The molecule has 2 fully saturated rings. The topological polar surface area (TPSA) is 75.4 Å². The first-order valence-corrected chi connectivity index (χ1v) is 8.31. The Bertz CT molecular complexity index is 800. The van der Waals surface area contributed by atoms with Crippen LogP contribution in [0.15, 0.2) is 35.1 Å². The molecule has 1 aliphatic heterocycles. The van der Waals surface area contributed by atoms with Gasteiger partial charge in [-0.3, -0.25) is 9.59 Å². The molecule has 2 heterocycles. The van der Waals surface area contributed by atoms with E-state index >= 15 is 0 Å². The molecule has 0 radical (unpaired) electrons. The average Bonchev–Trinajstić information content (AvgIpc) is 3.32. The highest BCUT2D eigenvalue weighted by Gasteiger charge is 2.40. The largest absolute Gasteiger partial charge is 0.447 e. The standard InChI is InChI=1S/C17H16ClN3O3/c18-12-4-2-1-3-11(12)14-16(22)19-7-8-21(14)17(23)13-15(10-5-6-10)24-9-20-13/h1-4,9-10,14H,5-8H2,(H,19,22). The lowest BCUT2D eigenvalue weighted by molar-refractivity contribution is -0.128. The van der Waals surface area contributed by atoms with E-state index in [4.69, 9.17) is 16.0 Å². The van der Waals surface area contributed by atoms with Gasteiger partial charge in [0.2, 0.25) is 5.91 Å². The van der Waals surface area contributed by atoms with Crippen molar-refractivity contribution in [2.45, 2.75) is 24.8 Å². The Balaban J connectivity index is 1.71. The van der Waals surface area contributed by atoms with E-state index in [9.17, 15) is 9.59 Å². The van der Waals surface area contributed by atoms with Gasteiger partial charge in [0.1, 0.15) is 11.8 Å². The number of hydrogen-bond donors (Lipinski definition) is 1. The van der Waals surface area contributed by atoms with Crippen molar-refractivity contribution in [1.82, 2.24) is 15.2 Å². The van der Waals surface area contributed by atoms with Crippen LogP contribution in [0.3, 0.4) is 0 Å². The second kappa shape index (κ2) is 5.94. The number of nitrogens with one attached hydrogen (secondary N) is 1. The molecule has 2 aromatic rings. The summed E-state index contributed by atoms with van der Waals surface area (Å²) in [6.07, 6.45) is 3.31. The summed E-state index contributed by atoms with van der Waals surface area (Å²) in [5.74, 6) is 0.373. The maximum atomic E-state index is 13.0. The van der Waals surface area contributed by atoms with Gasteiger partial charge in [-0.25, -0.2) is 4.98 Å². The predicted octanol–water partition coefficient (Wildman–Crippen LogP) is 2.52. The van der Waals surface area contributed by atoms with Crippen molar-refractivity contribution >= 4 is 23.4 Å². The number of carbonyl (C=O) groups excluding carboxylic acids is 2. The van der Waals surface area contributed by atoms with Crippen molar-refractivity contribution in [3.05, 3.63) is 52.7 Å². The van der Waals surface area contributed by atoms with E-state index in [-0.39, 0.29) is 17.7 Å². The highest BCUT2D eigenvalue weighted by Crippen LogP contribution is 2.42. The Morgan fingerprint density at radius 3 is 2.88 bits per heavy atom. The molecule has 0 spiro atoms. The third-order valence-electron chi connectivity index (χ3n) is 4.42. The van der Waals surface area contributed by atoms with Crippen LogP contribution < -0.4 is 5.32 Å². The maximum absolute atomic E-state index is 13.0. The minimum Gasteiger partial charge on any atom is -0.447 e. The smallest absolute Gasteiger partial charge is 0.277 e. The van der Waals surface area contributed by atoms with Crippen molar-refractivity contribution in [1.29, 1.82) is 0 Å². The Morgan fingerprint density at radius 1 is 1.33 bits per heavy atom. The van der Waals surface area contributed by atoms with E-state index in [2.05, 4.69) is 10.3 Å². The molecule has 1 aromatic carbocycles. The molecular weight excluding hydrogens is 330 g/mol. The van der Waals surface area contributed by atoms with Crippen LogP contribution in [0.1, 0.15) is 46.6 Å². The highest BCUT2D eigenvalue weighted by molar-refractivity contribution is 6.31. The number of halogens is 1. The van der Waals surface area contributed by atoms with E-state index in [1.165, 1.54) is 11.3 Å². The predicted molar refractivity (Wildman–Crippen MR) is 86.7 cm³/mol. The number of carbonyl (C=O) groups is 2. The number of benzene rings is 1. The second-order valence-electron chi connectivity index (χ2n) is 6.05. The van der Waals surface area contributed by atoms with Gasteiger partial charge in [-0.05, 0) is 18.9 Å². The molecule has 1 N–H and O–H groups in total. The van der Waals surface area contributed by atoms with Gasteiger partial charge in [-0.15, -0.1) is 0 Å². The fraction of sp³-hybridized carbons (Fsp3) is 0.353. The number of hydrogen-bond acceptors (Lipinski definition) is 4. The summed E-state index contributed by atoms with van der Waals surface area (Å²) in [6, 6.07) is 6.32. The Kier molecular flexibility index (Phi) is 3.76. The zero-order valence-electron chi connectivity index (χ0n) is 12.9. The maximum Gasteiger partial charge on any atom is 0.277 e. The van der Waals surface area contributed by atoms with Gasteiger partial charge >= 0.3 is 0 Å².